The molecule has 0 fully saturated rings. The Kier molecular flexibility index (Phi) is 5.41. The number of benzene rings is 2. The van der Waals surface area contributed by atoms with Crippen molar-refractivity contribution in [1.82, 2.24) is 0 Å². The molecule has 0 amide bonds. The second kappa shape index (κ2) is 7.70. The molecule has 0 radical (unpaired) electrons. The zero-order chi connectivity index (χ0) is 16.7. The number of ether oxygens (including phenoxy) is 1. The van der Waals surface area contributed by atoms with Gasteiger partial charge in [-0.2, -0.15) is 0 Å². The van der Waals surface area contributed by atoms with Gasteiger partial charge >= 0.3 is 11.9 Å². The minimum Gasteiger partial charge on any atom is -0.478 e. The standard InChI is InChI=1S/C18H15NO4/c1-23-18(22)15-8-5-14(6-9-15)12-19-16-4-2-3-13(11-16)7-10-17(20)21/h2-12H,1H3,(H,20,21)/b10-7+,19-12?. The van der Waals surface area contributed by atoms with Crippen LogP contribution in [0.2, 0.25) is 0 Å². The van der Waals surface area contributed by atoms with E-state index in [2.05, 4.69) is 9.73 Å². The molecule has 116 valence electrons. The second-order valence-electron chi connectivity index (χ2n) is 4.64. The van der Waals surface area contributed by atoms with Gasteiger partial charge in [-0.15, -0.1) is 0 Å². The summed E-state index contributed by atoms with van der Waals surface area (Å²) in [5.74, 6) is -1.38. The van der Waals surface area contributed by atoms with Crippen LogP contribution in [0, 0.1) is 0 Å². The molecule has 0 atom stereocenters. The van der Waals surface area contributed by atoms with Crippen LogP contribution in [-0.2, 0) is 9.53 Å². The fourth-order valence-electron chi connectivity index (χ4n) is 1.85. The van der Waals surface area contributed by atoms with Crippen molar-refractivity contribution in [1.29, 1.82) is 0 Å². The lowest BCUT2D eigenvalue weighted by molar-refractivity contribution is -0.131. The molecule has 0 saturated carbocycles. The van der Waals surface area contributed by atoms with E-state index in [0.29, 0.717) is 11.3 Å². The molecule has 0 saturated heterocycles. The number of carbonyl (C=O) groups excluding carboxylic acids is 1. The Labute approximate surface area is 133 Å². The van der Waals surface area contributed by atoms with Gasteiger partial charge in [0.25, 0.3) is 0 Å². The Morgan fingerprint density at radius 1 is 1.09 bits per heavy atom. The van der Waals surface area contributed by atoms with Crippen LogP contribution < -0.4 is 0 Å². The van der Waals surface area contributed by atoms with Crippen molar-refractivity contribution in [3.8, 4) is 0 Å². The maximum absolute atomic E-state index is 11.3. The summed E-state index contributed by atoms with van der Waals surface area (Å²) in [4.78, 5) is 26.2. The van der Waals surface area contributed by atoms with Gasteiger partial charge in [0.1, 0.15) is 0 Å². The van der Waals surface area contributed by atoms with E-state index >= 15 is 0 Å². The Morgan fingerprint density at radius 3 is 2.48 bits per heavy atom. The number of aliphatic carboxylic acids is 1. The van der Waals surface area contributed by atoms with Crippen LogP contribution >= 0.6 is 0 Å². The number of rotatable bonds is 5. The van der Waals surface area contributed by atoms with Crippen molar-refractivity contribution in [2.24, 2.45) is 4.99 Å². The summed E-state index contributed by atoms with van der Waals surface area (Å²) in [5.41, 5.74) is 2.77. The number of hydrogen-bond acceptors (Lipinski definition) is 4. The number of carbonyl (C=O) groups is 2. The SMILES string of the molecule is COC(=O)c1ccc(C=Nc2cccc(/C=C/C(=O)O)c2)cc1. The summed E-state index contributed by atoms with van der Waals surface area (Å²) in [7, 11) is 1.34. The molecule has 5 nitrogen and oxygen atoms in total. The molecule has 0 heterocycles. The highest BCUT2D eigenvalue weighted by molar-refractivity contribution is 5.91. The molecule has 2 aromatic rings. The van der Waals surface area contributed by atoms with E-state index in [0.717, 1.165) is 17.2 Å². The fraction of sp³-hybridized carbons (Fsp3) is 0.0556. The van der Waals surface area contributed by atoms with Crippen LogP contribution in [0.4, 0.5) is 5.69 Å². The molecule has 0 unspecified atom stereocenters. The predicted octanol–water partition coefficient (Wildman–Crippen LogP) is 3.32. The fourth-order valence-corrected chi connectivity index (χ4v) is 1.85. The zero-order valence-corrected chi connectivity index (χ0v) is 12.5. The van der Waals surface area contributed by atoms with Gasteiger partial charge in [-0.25, -0.2) is 9.59 Å². The smallest absolute Gasteiger partial charge is 0.337 e. The second-order valence-corrected chi connectivity index (χ2v) is 4.64. The third kappa shape index (κ3) is 4.93. The van der Waals surface area contributed by atoms with E-state index in [1.165, 1.54) is 13.2 Å². The highest BCUT2D eigenvalue weighted by atomic mass is 16.5. The maximum atomic E-state index is 11.3. The van der Waals surface area contributed by atoms with Gasteiger partial charge in [0.05, 0.1) is 18.4 Å². The van der Waals surface area contributed by atoms with Gasteiger partial charge in [0, 0.05) is 12.3 Å². The van der Waals surface area contributed by atoms with Crippen molar-refractivity contribution in [2.45, 2.75) is 0 Å². The Balaban J connectivity index is 2.12. The summed E-state index contributed by atoms with van der Waals surface area (Å²) in [5, 5.41) is 8.63. The van der Waals surface area contributed by atoms with Crippen molar-refractivity contribution in [2.75, 3.05) is 7.11 Å². The molecule has 0 aliphatic rings. The molecule has 0 aromatic heterocycles. The maximum Gasteiger partial charge on any atom is 0.337 e. The highest BCUT2D eigenvalue weighted by Gasteiger charge is 2.03. The first kappa shape index (κ1) is 16.2. The Hall–Kier alpha value is -3.21. The van der Waals surface area contributed by atoms with Crippen LogP contribution in [0.25, 0.3) is 6.08 Å². The van der Waals surface area contributed by atoms with Gasteiger partial charge in [-0.3, -0.25) is 4.99 Å². The van der Waals surface area contributed by atoms with Crippen molar-refractivity contribution >= 4 is 29.9 Å². The van der Waals surface area contributed by atoms with Crippen molar-refractivity contribution in [3.63, 3.8) is 0 Å². The molecule has 0 aliphatic carbocycles. The van der Waals surface area contributed by atoms with Gasteiger partial charge in [-0.05, 0) is 41.5 Å². The van der Waals surface area contributed by atoms with Crippen molar-refractivity contribution in [3.05, 3.63) is 71.3 Å². The number of aliphatic imine (C=N–C) groups is 1. The summed E-state index contributed by atoms with van der Waals surface area (Å²) < 4.78 is 4.64. The van der Waals surface area contributed by atoms with E-state index in [-0.39, 0.29) is 5.97 Å². The van der Waals surface area contributed by atoms with E-state index in [4.69, 9.17) is 5.11 Å². The van der Waals surface area contributed by atoms with E-state index in [9.17, 15) is 9.59 Å². The lowest BCUT2D eigenvalue weighted by atomic mass is 10.1. The number of nitrogens with zero attached hydrogens (tertiary/aromatic N) is 1. The largest absolute Gasteiger partial charge is 0.478 e. The molecular formula is C18H15NO4. The minimum atomic E-state index is -0.996. The summed E-state index contributed by atoms with van der Waals surface area (Å²) in [6, 6.07) is 14.1. The van der Waals surface area contributed by atoms with Gasteiger partial charge < -0.3 is 9.84 Å². The normalized spacial score (nSPS) is 11.0. The quantitative estimate of drug-likeness (QED) is 0.522. The molecule has 0 bridgehead atoms. The molecule has 23 heavy (non-hydrogen) atoms. The number of carboxylic acid groups (broad SMARTS) is 1. The topological polar surface area (TPSA) is 76.0 Å². The van der Waals surface area contributed by atoms with Crippen LogP contribution in [0.1, 0.15) is 21.5 Å². The first-order valence-electron chi connectivity index (χ1n) is 6.82. The van der Waals surface area contributed by atoms with E-state index in [1.54, 1.807) is 48.7 Å². The highest BCUT2D eigenvalue weighted by Crippen LogP contribution is 2.15. The molecule has 2 rings (SSSR count). The van der Waals surface area contributed by atoms with E-state index in [1.807, 2.05) is 6.07 Å². The average Bonchev–Trinajstić information content (AvgIpc) is 2.58. The Bertz CT molecular complexity index is 761. The van der Waals surface area contributed by atoms with Crippen LogP contribution in [0.3, 0.4) is 0 Å². The summed E-state index contributed by atoms with van der Waals surface area (Å²) in [6.45, 7) is 0. The first-order valence-corrected chi connectivity index (χ1v) is 6.82. The van der Waals surface area contributed by atoms with Gasteiger partial charge in [0.2, 0.25) is 0 Å². The number of esters is 1. The van der Waals surface area contributed by atoms with Gasteiger partial charge in [0.15, 0.2) is 0 Å². The molecule has 0 aliphatic heterocycles. The van der Waals surface area contributed by atoms with Crippen LogP contribution in [0.5, 0.6) is 0 Å². The molecule has 0 spiro atoms. The number of methoxy groups -OCH3 is 1. The third-order valence-electron chi connectivity index (χ3n) is 2.98. The molecule has 1 N–H and O–H groups in total. The average molecular weight is 309 g/mol. The zero-order valence-electron chi connectivity index (χ0n) is 12.5. The lowest BCUT2D eigenvalue weighted by Crippen LogP contribution is -2.00. The van der Waals surface area contributed by atoms with E-state index < -0.39 is 5.97 Å². The van der Waals surface area contributed by atoms with Crippen molar-refractivity contribution < 1.29 is 19.4 Å². The monoisotopic (exact) mass is 309 g/mol. The minimum absolute atomic E-state index is 0.383. The van der Waals surface area contributed by atoms with Crippen LogP contribution in [-0.4, -0.2) is 30.4 Å². The number of hydrogen-bond donors (Lipinski definition) is 1. The summed E-state index contributed by atoms with van der Waals surface area (Å²) >= 11 is 0. The molecular weight excluding hydrogens is 294 g/mol. The van der Waals surface area contributed by atoms with Crippen LogP contribution in [0.15, 0.2) is 59.6 Å². The first-order chi connectivity index (χ1) is 11.1. The Morgan fingerprint density at radius 2 is 1.83 bits per heavy atom. The lowest BCUT2D eigenvalue weighted by Gasteiger charge is -1.99. The third-order valence-corrected chi connectivity index (χ3v) is 2.98. The predicted molar refractivity (Wildman–Crippen MR) is 88.1 cm³/mol. The van der Waals surface area contributed by atoms with Gasteiger partial charge in [-0.1, -0.05) is 24.3 Å². The summed E-state index contributed by atoms with van der Waals surface area (Å²) in [6.07, 6.45) is 4.25. The number of carboxylic acids is 1. The molecule has 2 aromatic carbocycles. The molecule has 5 heteroatoms.